The average molecular weight is 471 g/mol. The minimum Gasteiger partial charge on any atom is -0.450 e. The van der Waals surface area contributed by atoms with Crippen molar-refractivity contribution in [3.05, 3.63) is 71.8 Å². The van der Waals surface area contributed by atoms with E-state index in [4.69, 9.17) is 14.2 Å². The molecule has 2 N–H and O–H groups in total. The number of aliphatic hydroxyl groups excluding tert-OH is 1. The highest BCUT2D eigenvalue weighted by molar-refractivity contribution is 5.70. The predicted octanol–water partition coefficient (Wildman–Crippen LogP) is 4.04. The molecule has 1 heterocycles. The Labute approximate surface area is 200 Å². The van der Waals surface area contributed by atoms with Gasteiger partial charge < -0.3 is 24.6 Å². The minimum atomic E-state index is -1.24. The molecule has 0 aromatic heterocycles. The number of rotatable bonds is 7. The molecule has 184 valence electrons. The Morgan fingerprint density at radius 3 is 2.32 bits per heavy atom. The van der Waals surface area contributed by atoms with Crippen LogP contribution in [0.2, 0.25) is 0 Å². The third kappa shape index (κ3) is 6.71. The number of ether oxygens (including phenoxy) is 3. The minimum absolute atomic E-state index is 0.184. The molecule has 1 saturated heterocycles. The summed E-state index contributed by atoms with van der Waals surface area (Å²) in [6, 6.07) is 17.7. The first-order valence-corrected chi connectivity index (χ1v) is 11.5. The summed E-state index contributed by atoms with van der Waals surface area (Å²) >= 11 is 0. The predicted molar refractivity (Wildman–Crippen MR) is 127 cm³/mol. The molecule has 3 rings (SSSR count). The molecule has 8 nitrogen and oxygen atoms in total. The summed E-state index contributed by atoms with van der Waals surface area (Å²) in [7, 11) is 0. The van der Waals surface area contributed by atoms with Crippen LogP contribution in [0.25, 0.3) is 0 Å². The van der Waals surface area contributed by atoms with Crippen molar-refractivity contribution in [3.8, 4) is 0 Å². The highest BCUT2D eigenvalue weighted by Crippen LogP contribution is 2.33. The molecule has 0 unspecified atom stereocenters. The Kier molecular flexibility index (Phi) is 8.52. The van der Waals surface area contributed by atoms with Crippen molar-refractivity contribution in [1.29, 1.82) is 0 Å². The van der Waals surface area contributed by atoms with Crippen molar-refractivity contribution in [1.82, 2.24) is 10.2 Å². The Hall–Kier alpha value is -3.10. The van der Waals surface area contributed by atoms with Gasteiger partial charge in [-0.15, -0.1) is 0 Å². The van der Waals surface area contributed by atoms with E-state index in [0.29, 0.717) is 6.42 Å². The van der Waals surface area contributed by atoms with Gasteiger partial charge in [0, 0.05) is 0 Å². The zero-order chi connectivity index (χ0) is 24.7. The van der Waals surface area contributed by atoms with Crippen molar-refractivity contribution < 1.29 is 28.9 Å². The van der Waals surface area contributed by atoms with Gasteiger partial charge in [0.15, 0.2) is 6.23 Å². The summed E-state index contributed by atoms with van der Waals surface area (Å²) < 4.78 is 16.6. The second-order valence-corrected chi connectivity index (χ2v) is 9.19. The maximum Gasteiger partial charge on any atom is 0.412 e. The zero-order valence-corrected chi connectivity index (χ0v) is 20.1. The molecule has 4 atom stereocenters. The maximum absolute atomic E-state index is 12.9. The number of hydrogen-bond acceptors (Lipinski definition) is 6. The monoisotopic (exact) mass is 470 g/mol. The Morgan fingerprint density at radius 1 is 1.12 bits per heavy atom. The summed E-state index contributed by atoms with van der Waals surface area (Å²) in [6.45, 7) is 7.39. The van der Waals surface area contributed by atoms with E-state index in [9.17, 15) is 14.7 Å². The van der Waals surface area contributed by atoms with E-state index in [-0.39, 0.29) is 13.2 Å². The molecule has 2 amide bonds. The molecule has 1 fully saturated rings. The lowest BCUT2D eigenvalue weighted by Gasteiger charge is -2.34. The van der Waals surface area contributed by atoms with Crippen LogP contribution in [0.1, 0.15) is 44.9 Å². The number of carbonyl (C=O) groups is 2. The first-order chi connectivity index (χ1) is 16.2. The van der Waals surface area contributed by atoms with Crippen LogP contribution >= 0.6 is 0 Å². The van der Waals surface area contributed by atoms with Gasteiger partial charge in [-0.2, -0.15) is 0 Å². The van der Waals surface area contributed by atoms with Gasteiger partial charge in [-0.05, 0) is 45.2 Å². The average Bonchev–Trinajstić information content (AvgIpc) is 3.24. The summed E-state index contributed by atoms with van der Waals surface area (Å²) in [5, 5.41) is 14.2. The summed E-state index contributed by atoms with van der Waals surface area (Å²) in [5.41, 5.74) is 1.07. The van der Waals surface area contributed by atoms with E-state index in [1.807, 2.05) is 60.7 Å². The van der Waals surface area contributed by atoms with Crippen molar-refractivity contribution in [2.75, 3.05) is 13.2 Å². The smallest absolute Gasteiger partial charge is 0.412 e. The van der Waals surface area contributed by atoms with Gasteiger partial charge in [0.25, 0.3) is 0 Å². The van der Waals surface area contributed by atoms with Crippen LogP contribution in [0.4, 0.5) is 9.59 Å². The van der Waals surface area contributed by atoms with Gasteiger partial charge in [-0.25, -0.2) is 9.59 Å². The summed E-state index contributed by atoms with van der Waals surface area (Å²) in [4.78, 5) is 26.9. The number of nitrogens with zero attached hydrogens (tertiary/aromatic N) is 1. The fourth-order valence-corrected chi connectivity index (χ4v) is 3.93. The molecule has 2 aromatic carbocycles. The lowest BCUT2D eigenvalue weighted by Crippen LogP contribution is -2.55. The molecule has 0 saturated carbocycles. The van der Waals surface area contributed by atoms with Crippen molar-refractivity contribution >= 4 is 12.2 Å². The number of hydrogen-bond donors (Lipinski definition) is 2. The largest absolute Gasteiger partial charge is 0.450 e. The number of alkyl carbamates (subject to hydrolysis) is 1. The molecular formula is C26H34N2O6. The lowest BCUT2D eigenvalue weighted by atomic mass is 9.99. The van der Waals surface area contributed by atoms with E-state index < -0.39 is 42.2 Å². The second kappa shape index (κ2) is 11.4. The van der Waals surface area contributed by atoms with Gasteiger partial charge in [-0.3, -0.25) is 4.90 Å². The van der Waals surface area contributed by atoms with E-state index in [1.165, 1.54) is 4.90 Å². The Morgan fingerprint density at radius 2 is 1.74 bits per heavy atom. The van der Waals surface area contributed by atoms with Crippen LogP contribution in [0.5, 0.6) is 0 Å². The quantitative estimate of drug-likeness (QED) is 0.634. The number of nitrogens with one attached hydrogen (secondary N) is 1. The Balaban J connectivity index is 1.88. The number of carbonyl (C=O) groups excluding carboxylic acids is 2. The fourth-order valence-electron chi connectivity index (χ4n) is 3.93. The van der Waals surface area contributed by atoms with Gasteiger partial charge in [-0.1, -0.05) is 60.7 Å². The first kappa shape index (κ1) is 25.5. The summed E-state index contributed by atoms with van der Waals surface area (Å²) in [5.74, 6) is 0. The third-order valence-electron chi connectivity index (χ3n) is 5.40. The van der Waals surface area contributed by atoms with Gasteiger partial charge in [0.1, 0.15) is 11.7 Å². The number of aliphatic hydroxyl groups is 1. The molecule has 0 spiro atoms. The Bertz CT molecular complexity index is 931. The van der Waals surface area contributed by atoms with Crippen molar-refractivity contribution in [2.45, 2.75) is 64.1 Å². The number of benzene rings is 2. The van der Waals surface area contributed by atoms with Gasteiger partial charge in [0.05, 0.1) is 25.3 Å². The SMILES string of the molecule is CCOC(=O)N1[C@@H](c2ccccc2)CO[C@H]1[C@@H](O)[C@H](Cc1ccccc1)NC(=O)OC(C)(C)C. The van der Waals surface area contributed by atoms with Crippen LogP contribution in [-0.4, -0.2) is 59.4 Å². The summed E-state index contributed by atoms with van der Waals surface area (Å²) in [6.07, 6.45) is -3.20. The highest BCUT2D eigenvalue weighted by atomic mass is 16.6. The first-order valence-electron chi connectivity index (χ1n) is 11.5. The second-order valence-electron chi connectivity index (χ2n) is 9.19. The fraction of sp³-hybridized carbons (Fsp3) is 0.462. The number of amides is 2. The van der Waals surface area contributed by atoms with Crippen molar-refractivity contribution in [3.63, 3.8) is 0 Å². The topological polar surface area (TPSA) is 97.3 Å². The third-order valence-corrected chi connectivity index (χ3v) is 5.40. The van der Waals surface area contributed by atoms with Crippen molar-refractivity contribution in [2.24, 2.45) is 0 Å². The van der Waals surface area contributed by atoms with Gasteiger partial charge in [0.2, 0.25) is 0 Å². The molecular weight excluding hydrogens is 436 g/mol. The molecule has 1 aliphatic rings. The zero-order valence-electron chi connectivity index (χ0n) is 20.1. The van der Waals surface area contributed by atoms with Gasteiger partial charge >= 0.3 is 12.2 Å². The molecule has 34 heavy (non-hydrogen) atoms. The lowest BCUT2D eigenvalue weighted by molar-refractivity contribution is -0.0738. The van der Waals surface area contributed by atoms with Crippen LogP contribution in [0.15, 0.2) is 60.7 Å². The molecule has 0 radical (unpaired) electrons. The maximum atomic E-state index is 12.9. The van der Waals surface area contributed by atoms with E-state index in [1.54, 1.807) is 27.7 Å². The van der Waals surface area contributed by atoms with Crippen LogP contribution in [0.3, 0.4) is 0 Å². The highest BCUT2D eigenvalue weighted by Gasteiger charge is 2.46. The molecule has 0 bridgehead atoms. The normalized spacial score (nSPS) is 19.9. The van der Waals surface area contributed by atoms with Crippen LogP contribution < -0.4 is 5.32 Å². The standard InChI is InChI=1S/C26H34N2O6/c1-5-32-25(31)28-21(19-14-10-7-11-15-19)17-33-23(28)22(29)20(16-18-12-8-6-9-13-18)27-24(30)34-26(2,3)4/h6-15,20-23,29H,5,16-17H2,1-4H3,(H,27,30)/t20-,21+,22-,23-/m0/s1. The molecule has 1 aliphatic heterocycles. The molecule has 8 heteroatoms. The van der Waals surface area contributed by atoms with E-state index in [0.717, 1.165) is 11.1 Å². The van der Waals surface area contributed by atoms with Crippen LogP contribution in [-0.2, 0) is 20.6 Å². The van der Waals surface area contributed by atoms with E-state index in [2.05, 4.69) is 5.32 Å². The van der Waals surface area contributed by atoms with E-state index >= 15 is 0 Å². The molecule has 0 aliphatic carbocycles. The van der Waals surface area contributed by atoms with Crippen LogP contribution in [0, 0.1) is 0 Å². The molecule has 2 aromatic rings.